The molecule has 0 saturated carbocycles. The summed E-state index contributed by atoms with van der Waals surface area (Å²) in [6.07, 6.45) is 0.943. The van der Waals surface area contributed by atoms with Gasteiger partial charge in [-0.25, -0.2) is 4.79 Å². The number of rotatable bonds is 5. The summed E-state index contributed by atoms with van der Waals surface area (Å²) in [6.45, 7) is 0. The number of hydrogen-bond acceptors (Lipinski definition) is 9. The van der Waals surface area contributed by atoms with E-state index in [1.165, 1.54) is 6.07 Å². The normalized spacial score (nSPS) is 11.0. The predicted molar refractivity (Wildman–Crippen MR) is 95.1 cm³/mol. The molecule has 0 radical (unpaired) electrons. The molecule has 27 heavy (non-hydrogen) atoms. The number of non-ortho nitro benzene ring substituents is 1. The van der Waals surface area contributed by atoms with Crippen LogP contribution in [0.3, 0.4) is 0 Å². The Morgan fingerprint density at radius 3 is 2.56 bits per heavy atom. The molecule has 0 fully saturated rings. The number of hydrogen-bond donors (Lipinski definition) is 2. The van der Waals surface area contributed by atoms with Gasteiger partial charge in [0, 0.05) is 6.07 Å². The van der Waals surface area contributed by atoms with Gasteiger partial charge in [0.05, 0.1) is 27.5 Å². The summed E-state index contributed by atoms with van der Waals surface area (Å²) in [5.41, 5.74) is 0.245. The first kappa shape index (κ1) is 17.5. The topological polar surface area (TPSA) is 161 Å². The van der Waals surface area contributed by atoms with Crippen LogP contribution in [0.1, 0.15) is 5.56 Å². The zero-order valence-electron chi connectivity index (χ0n) is 13.4. The van der Waals surface area contributed by atoms with Gasteiger partial charge in [0.2, 0.25) is 0 Å². The minimum atomic E-state index is -0.852. The number of para-hydroxylation sites is 1. The highest BCUT2D eigenvalue weighted by Crippen LogP contribution is 2.29. The van der Waals surface area contributed by atoms with Crippen LogP contribution < -0.4 is 11.1 Å². The average molecular weight is 370 g/mol. The van der Waals surface area contributed by atoms with Gasteiger partial charge in [-0.1, -0.05) is 12.1 Å². The lowest BCUT2D eigenvalue weighted by molar-refractivity contribution is -0.393. The fourth-order valence-corrected chi connectivity index (χ4v) is 2.31. The predicted octanol–water partition coefficient (Wildman–Crippen LogP) is 2.76. The van der Waals surface area contributed by atoms with E-state index in [4.69, 9.17) is 4.42 Å². The van der Waals surface area contributed by atoms with Crippen LogP contribution in [-0.4, -0.2) is 21.2 Å². The molecule has 0 aliphatic carbocycles. The first-order valence-corrected chi connectivity index (χ1v) is 7.35. The molecule has 11 nitrogen and oxygen atoms in total. The van der Waals surface area contributed by atoms with Gasteiger partial charge in [0.15, 0.2) is 0 Å². The van der Waals surface area contributed by atoms with Gasteiger partial charge >= 0.3 is 11.3 Å². The highest BCUT2D eigenvalue weighted by molar-refractivity contribution is 5.93. The Morgan fingerprint density at radius 1 is 1.11 bits per heavy atom. The first-order valence-electron chi connectivity index (χ1n) is 7.35. The van der Waals surface area contributed by atoms with E-state index in [0.717, 1.165) is 24.4 Å². The summed E-state index contributed by atoms with van der Waals surface area (Å²) in [7, 11) is 0. The maximum absolute atomic E-state index is 12.0. The third-order valence-electron chi connectivity index (χ3n) is 3.59. The maximum atomic E-state index is 12.0. The second-order valence-electron chi connectivity index (χ2n) is 5.23. The van der Waals surface area contributed by atoms with Gasteiger partial charge in [-0.3, -0.25) is 25.7 Å². The third kappa shape index (κ3) is 3.42. The third-order valence-corrected chi connectivity index (χ3v) is 3.59. The Hall–Kier alpha value is -4.28. The second kappa shape index (κ2) is 6.92. The van der Waals surface area contributed by atoms with Gasteiger partial charge in [-0.15, -0.1) is 0 Å². The van der Waals surface area contributed by atoms with Crippen molar-refractivity contribution < 1.29 is 19.4 Å². The monoisotopic (exact) mass is 370 g/mol. The summed E-state index contributed by atoms with van der Waals surface area (Å²) in [4.78, 5) is 32.2. The molecule has 1 heterocycles. The highest BCUT2D eigenvalue weighted by atomic mass is 16.6. The van der Waals surface area contributed by atoms with Gasteiger partial charge in [0.1, 0.15) is 22.6 Å². The van der Waals surface area contributed by atoms with Crippen molar-refractivity contribution in [1.82, 2.24) is 0 Å². The molecule has 1 aromatic heterocycles. The van der Waals surface area contributed by atoms with Crippen LogP contribution in [0.2, 0.25) is 0 Å². The molecule has 11 heteroatoms. The lowest BCUT2D eigenvalue weighted by Crippen LogP contribution is -2.08. The van der Waals surface area contributed by atoms with E-state index < -0.39 is 26.8 Å². The molecule has 0 aliphatic rings. The van der Waals surface area contributed by atoms with E-state index in [1.807, 2.05) is 0 Å². The number of aromatic hydroxyl groups is 1. The minimum Gasteiger partial charge on any atom is -0.506 e. The molecule has 2 N–H and O–H groups in total. The number of nitrogens with one attached hydrogen (secondary N) is 1. The Bertz CT molecular complexity index is 1150. The Morgan fingerprint density at radius 2 is 1.85 bits per heavy atom. The lowest BCUT2D eigenvalue weighted by Gasteiger charge is -2.03. The van der Waals surface area contributed by atoms with E-state index >= 15 is 0 Å². The largest absolute Gasteiger partial charge is 0.506 e. The van der Waals surface area contributed by atoms with Crippen molar-refractivity contribution in [3.8, 4) is 5.75 Å². The van der Waals surface area contributed by atoms with Gasteiger partial charge in [0.25, 0.3) is 5.69 Å². The number of anilines is 1. The van der Waals surface area contributed by atoms with Crippen molar-refractivity contribution >= 4 is 34.2 Å². The van der Waals surface area contributed by atoms with Crippen LogP contribution in [0.4, 0.5) is 17.1 Å². The zero-order valence-corrected chi connectivity index (χ0v) is 13.4. The van der Waals surface area contributed by atoms with Gasteiger partial charge in [-0.2, -0.15) is 5.10 Å². The molecular weight excluding hydrogens is 360 g/mol. The van der Waals surface area contributed by atoms with E-state index in [0.29, 0.717) is 5.39 Å². The van der Waals surface area contributed by atoms with Crippen molar-refractivity contribution in [1.29, 1.82) is 0 Å². The molecule has 0 spiro atoms. The van der Waals surface area contributed by atoms with Crippen LogP contribution in [-0.2, 0) is 0 Å². The summed E-state index contributed by atoms with van der Waals surface area (Å²) in [5.74, 6) is -0.356. The summed E-state index contributed by atoms with van der Waals surface area (Å²) in [6, 6.07) is 9.27. The molecule has 0 aliphatic heterocycles. The SMILES string of the molecule is O=c1oc2ccccc2c(O)c1/C=N/Nc1ccc([N+](=O)[O-])cc1[N+](=O)[O-]. The summed E-state index contributed by atoms with van der Waals surface area (Å²) < 4.78 is 5.06. The van der Waals surface area contributed by atoms with E-state index in [9.17, 15) is 30.1 Å². The zero-order chi connectivity index (χ0) is 19.6. The fraction of sp³-hybridized carbons (Fsp3) is 0. The molecule has 136 valence electrons. The molecule has 0 amide bonds. The van der Waals surface area contributed by atoms with Crippen molar-refractivity contribution in [2.45, 2.75) is 0 Å². The standard InChI is InChI=1S/C16H10N4O7/c21-15-10-3-1-2-4-14(10)27-16(22)11(15)8-17-18-12-6-5-9(19(23)24)7-13(12)20(25)26/h1-8,18,21H/b17-8+. The molecular formula is C16H10N4O7. The van der Waals surface area contributed by atoms with Crippen LogP contribution in [0.5, 0.6) is 5.75 Å². The molecule has 0 bridgehead atoms. The number of nitro groups is 2. The van der Waals surface area contributed by atoms with Gasteiger partial charge in [-0.05, 0) is 18.2 Å². The smallest absolute Gasteiger partial charge is 0.349 e. The molecule has 3 rings (SSSR count). The first-order chi connectivity index (χ1) is 12.9. The quantitative estimate of drug-likeness (QED) is 0.300. The van der Waals surface area contributed by atoms with Gasteiger partial charge < -0.3 is 9.52 Å². The van der Waals surface area contributed by atoms with Crippen molar-refractivity contribution in [2.75, 3.05) is 5.43 Å². The van der Waals surface area contributed by atoms with Crippen molar-refractivity contribution in [2.24, 2.45) is 5.10 Å². The Kier molecular flexibility index (Phi) is 4.49. The van der Waals surface area contributed by atoms with Crippen molar-refractivity contribution in [3.05, 3.63) is 78.7 Å². The number of hydrazone groups is 1. The molecule has 0 saturated heterocycles. The fourth-order valence-electron chi connectivity index (χ4n) is 2.31. The number of fused-ring (bicyclic) bond motifs is 1. The Balaban J connectivity index is 1.95. The average Bonchev–Trinajstić information content (AvgIpc) is 2.64. The summed E-state index contributed by atoms with van der Waals surface area (Å²) >= 11 is 0. The van der Waals surface area contributed by atoms with Crippen LogP contribution in [0.25, 0.3) is 11.0 Å². The number of nitrogens with zero attached hydrogens (tertiary/aromatic N) is 3. The second-order valence-corrected chi connectivity index (χ2v) is 5.23. The molecule has 2 aromatic carbocycles. The molecule has 0 atom stereocenters. The Labute approximate surface area is 149 Å². The van der Waals surface area contributed by atoms with E-state index in [1.54, 1.807) is 18.2 Å². The van der Waals surface area contributed by atoms with E-state index in [-0.39, 0.29) is 22.6 Å². The molecule has 3 aromatic rings. The van der Waals surface area contributed by atoms with E-state index in [2.05, 4.69) is 10.5 Å². The minimum absolute atomic E-state index is 0.133. The summed E-state index contributed by atoms with van der Waals surface area (Å²) in [5, 5.41) is 36.0. The van der Waals surface area contributed by atoms with Crippen molar-refractivity contribution in [3.63, 3.8) is 0 Å². The number of benzene rings is 2. The van der Waals surface area contributed by atoms with Crippen LogP contribution in [0.15, 0.2) is 56.8 Å². The van der Waals surface area contributed by atoms with Crippen LogP contribution >= 0.6 is 0 Å². The lowest BCUT2D eigenvalue weighted by atomic mass is 10.1. The number of nitro benzene ring substituents is 2. The molecule has 0 unspecified atom stereocenters. The van der Waals surface area contributed by atoms with Crippen LogP contribution in [0, 0.1) is 20.2 Å². The maximum Gasteiger partial charge on any atom is 0.349 e. The highest BCUT2D eigenvalue weighted by Gasteiger charge is 2.19.